The molecular weight excluding hydrogens is 314 g/mol. The number of methoxy groups -OCH3 is 1. The molecule has 2 atom stereocenters. The van der Waals surface area contributed by atoms with Gasteiger partial charge in [-0.3, -0.25) is 4.90 Å². The summed E-state index contributed by atoms with van der Waals surface area (Å²) in [6, 6.07) is 8.35. The van der Waals surface area contributed by atoms with E-state index in [1.54, 1.807) is 7.11 Å². The van der Waals surface area contributed by atoms with Crippen molar-refractivity contribution >= 4 is 0 Å². The first-order valence-electron chi connectivity index (χ1n) is 9.21. The fourth-order valence-electron chi connectivity index (χ4n) is 3.80. The molecule has 0 spiro atoms. The van der Waals surface area contributed by atoms with Crippen molar-refractivity contribution in [2.24, 2.45) is 11.8 Å². The molecule has 1 aliphatic rings. The monoisotopic (exact) mass is 343 g/mol. The third-order valence-corrected chi connectivity index (χ3v) is 5.03. The van der Waals surface area contributed by atoms with Crippen LogP contribution in [0.1, 0.15) is 51.0 Å². The Morgan fingerprint density at radius 1 is 1.24 bits per heavy atom. The second-order valence-electron chi connectivity index (χ2n) is 7.47. The molecule has 0 aliphatic carbocycles. The average Bonchev–Trinajstić information content (AvgIpc) is 3.03. The molecule has 6 nitrogen and oxygen atoms in total. The zero-order chi connectivity index (χ0) is 17.8. The van der Waals surface area contributed by atoms with E-state index in [1.165, 1.54) is 18.4 Å². The Bertz CT molecular complexity index is 667. The van der Waals surface area contributed by atoms with Crippen molar-refractivity contribution < 1.29 is 4.74 Å². The Morgan fingerprint density at radius 2 is 2.00 bits per heavy atom. The molecule has 1 aromatic heterocycles. The van der Waals surface area contributed by atoms with E-state index in [-0.39, 0.29) is 6.04 Å². The van der Waals surface area contributed by atoms with Crippen LogP contribution in [-0.2, 0) is 6.54 Å². The van der Waals surface area contributed by atoms with Crippen LogP contribution in [0.5, 0.6) is 5.75 Å². The molecule has 0 amide bonds. The topological polar surface area (TPSA) is 56.1 Å². The Morgan fingerprint density at radius 3 is 2.64 bits per heavy atom. The molecule has 2 aromatic rings. The fraction of sp³-hybridized carbons (Fsp3) is 0.632. The lowest BCUT2D eigenvalue weighted by molar-refractivity contribution is 0.0926. The molecular formula is C19H29N5O. The predicted molar refractivity (Wildman–Crippen MR) is 97.5 cm³/mol. The lowest BCUT2D eigenvalue weighted by Crippen LogP contribution is -2.40. The predicted octanol–water partition coefficient (Wildman–Crippen LogP) is 3.16. The van der Waals surface area contributed by atoms with Gasteiger partial charge in [-0.25, -0.2) is 4.68 Å². The first-order chi connectivity index (χ1) is 12.1. The number of aromatic nitrogens is 4. The molecule has 0 saturated carbocycles. The standard InChI is InChI=1S/C19H29N5O/c1-14(2)18(23-11-5-6-15(3)12-23)19-20-21-22-24(19)13-16-7-9-17(25-4)10-8-16/h7-10,14-15,18H,5-6,11-13H2,1-4H3. The highest BCUT2D eigenvalue weighted by atomic mass is 16.5. The third-order valence-electron chi connectivity index (χ3n) is 5.03. The largest absolute Gasteiger partial charge is 0.497 e. The van der Waals surface area contributed by atoms with E-state index in [0.29, 0.717) is 12.5 Å². The van der Waals surface area contributed by atoms with Gasteiger partial charge in [-0.2, -0.15) is 0 Å². The van der Waals surface area contributed by atoms with Crippen LogP contribution in [0, 0.1) is 11.8 Å². The van der Waals surface area contributed by atoms with E-state index in [2.05, 4.69) is 53.3 Å². The second-order valence-corrected chi connectivity index (χ2v) is 7.47. The van der Waals surface area contributed by atoms with E-state index in [4.69, 9.17) is 4.74 Å². The van der Waals surface area contributed by atoms with Gasteiger partial charge >= 0.3 is 0 Å². The van der Waals surface area contributed by atoms with Gasteiger partial charge in [0.25, 0.3) is 0 Å². The summed E-state index contributed by atoms with van der Waals surface area (Å²) < 4.78 is 7.18. The highest BCUT2D eigenvalue weighted by molar-refractivity contribution is 5.27. The molecule has 1 fully saturated rings. The minimum absolute atomic E-state index is 0.260. The maximum Gasteiger partial charge on any atom is 0.169 e. The molecule has 1 aliphatic heterocycles. The Labute approximate surface area is 150 Å². The number of hydrogen-bond donors (Lipinski definition) is 0. The van der Waals surface area contributed by atoms with Gasteiger partial charge < -0.3 is 4.74 Å². The maximum atomic E-state index is 5.23. The summed E-state index contributed by atoms with van der Waals surface area (Å²) in [5, 5.41) is 12.7. The van der Waals surface area contributed by atoms with E-state index in [1.807, 2.05) is 16.8 Å². The normalized spacial score (nSPS) is 20.0. The molecule has 136 valence electrons. The number of piperidine rings is 1. The van der Waals surface area contributed by atoms with Crippen molar-refractivity contribution in [3.63, 3.8) is 0 Å². The molecule has 0 N–H and O–H groups in total. The van der Waals surface area contributed by atoms with Gasteiger partial charge in [0.15, 0.2) is 5.82 Å². The average molecular weight is 343 g/mol. The Kier molecular flexibility index (Phi) is 5.68. The van der Waals surface area contributed by atoms with E-state index in [0.717, 1.165) is 30.6 Å². The van der Waals surface area contributed by atoms with Gasteiger partial charge in [-0.1, -0.05) is 32.9 Å². The maximum absolute atomic E-state index is 5.23. The molecule has 0 bridgehead atoms. The number of ether oxygens (including phenoxy) is 1. The summed E-state index contributed by atoms with van der Waals surface area (Å²) >= 11 is 0. The molecule has 1 saturated heterocycles. The quantitative estimate of drug-likeness (QED) is 0.806. The number of rotatable bonds is 6. The van der Waals surface area contributed by atoms with Crippen LogP contribution < -0.4 is 4.74 Å². The molecule has 6 heteroatoms. The lowest BCUT2D eigenvalue weighted by Gasteiger charge is -2.38. The summed E-state index contributed by atoms with van der Waals surface area (Å²) in [6.07, 6.45) is 2.57. The summed E-state index contributed by atoms with van der Waals surface area (Å²) in [6.45, 7) is 9.79. The number of likely N-dealkylation sites (tertiary alicyclic amines) is 1. The van der Waals surface area contributed by atoms with Crippen LogP contribution in [0.25, 0.3) is 0 Å². The van der Waals surface area contributed by atoms with Crippen molar-refractivity contribution in [2.45, 2.75) is 46.2 Å². The second kappa shape index (κ2) is 7.95. The van der Waals surface area contributed by atoms with Crippen LogP contribution in [0.15, 0.2) is 24.3 Å². The fourth-order valence-corrected chi connectivity index (χ4v) is 3.80. The lowest BCUT2D eigenvalue weighted by atomic mass is 9.94. The van der Waals surface area contributed by atoms with Gasteiger partial charge in [0.1, 0.15) is 5.75 Å². The number of benzene rings is 1. The molecule has 2 unspecified atom stereocenters. The highest BCUT2D eigenvalue weighted by Crippen LogP contribution is 2.31. The number of tetrazole rings is 1. The van der Waals surface area contributed by atoms with E-state index < -0.39 is 0 Å². The third kappa shape index (κ3) is 4.18. The summed E-state index contributed by atoms with van der Waals surface area (Å²) in [4.78, 5) is 2.56. The smallest absolute Gasteiger partial charge is 0.169 e. The van der Waals surface area contributed by atoms with Gasteiger partial charge in [0.2, 0.25) is 0 Å². The first-order valence-corrected chi connectivity index (χ1v) is 9.21. The molecule has 2 heterocycles. The van der Waals surface area contributed by atoms with Gasteiger partial charge in [0, 0.05) is 6.54 Å². The van der Waals surface area contributed by atoms with Crippen molar-refractivity contribution in [3.05, 3.63) is 35.7 Å². The van der Waals surface area contributed by atoms with E-state index in [9.17, 15) is 0 Å². The summed E-state index contributed by atoms with van der Waals surface area (Å²) in [7, 11) is 1.68. The minimum Gasteiger partial charge on any atom is -0.497 e. The molecule has 25 heavy (non-hydrogen) atoms. The van der Waals surface area contributed by atoms with Gasteiger partial charge in [0.05, 0.1) is 19.7 Å². The molecule has 3 rings (SSSR count). The molecule has 0 radical (unpaired) electrons. The van der Waals surface area contributed by atoms with Crippen LogP contribution >= 0.6 is 0 Å². The summed E-state index contributed by atoms with van der Waals surface area (Å²) in [5.74, 6) is 3.04. The van der Waals surface area contributed by atoms with Crippen LogP contribution in [0.3, 0.4) is 0 Å². The minimum atomic E-state index is 0.260. The number of hydrogen-bond acceptors (Lipinski definition) is 5. The van der Waals surface area contributed by atoms with Crippen molar-refractivity contribution in [1.82, 2.24) is 25.1 Å². The Balaban J connectivity index is 1.82. The zero-order valence-electron chi connectivity index (χ0n) is 15.7. The SMILES string of the molecule is COc1ccc(Cn2nnnc2C(C(C)C)N2CCCC(C)C2)cc1. The van der Waals surface area contributed by atoms with Crippen LogP contribution in [0.4, 0.5) is 0 Å². The first kappa shape index (κ1) is 17.9. The van der Waals surface area contributed by atoms with Crippen molar-refractivity contribution in [1.29, 1.82) is 0 Å². The van der Waals surface area contributed by atoms with Crippen molar-refractivity contribution in [2.75, 3.05) is 20.2 Å². The molecule has 1 aromatic carbocycles. The van der Waals surface area contributed by atoms with E-state index >= 15 is 0 Å². The highest BCUT2D eigenvalue weighted by Gasteiger charge is 2.31. The Hall–Kier alpha value is -1.95. The van der Waals surface area contributed by atoms with Crippen LogP contribution in [-0.4, -0.2) is 45.3 Å². The number of nitrogens with zero attached hydrogens (tertiary/aromatic N) is 5. The van der Waals surface area contributed by atoms with Crippen molar-refractivity contribution in [3.8, 4) is 5.75 Å². The van der Waals surface area contributed by atoms with Gasteiger partial charge in [-0.05, 0) is 59.3 Å². The summed E-state index contributed by atoms with van der Waals surface area (Å²) in [5.41, 5.74) is 1.17. The zero-order valence-corrected chi connectivity index (χ0v) is 15.7. The van der Waals surface area contributed by atoms with Gasteiger partial charge in [-0.15, -0.1) is 5.10 Å². The van der Waals surface area contributed by atoms with Crippen LogP contribution in [0.2, 0.25) is 0 Å².